The maximum atomic E-state index is 11.1. The minimum atomic E-state index is -0.538. The number of rotatable bonds is 2. The Kier molecular flexibility index (Phi) is 2.80. The molecule has 0 atom stereocenters. The number of H-pyrrole nitrogens is 2. The maximum Gasteiger partial charge on any atom is 0.325 e. The Morgan fingerprint density at radius 3 is 2.85 bits per heavy atom. The highest BCUT2D eigenvalue weighted by Crippen LogP contribution is 1.81. The zero-order valence-corrected chi connectivity index (χ0v) is 7.40. The Balaban J connectivity index is 2.84. The summed E-state index contributed by atoms with van der Waals surface area (Å²) in [5.41, 5.74) is 4.54. The quantitative estimate of drug-likeness (QED) is 0.430. The first-order chi connectivity index (χ1) is 6.09. The molecule has 0 aliphatic carbocycles. The largest absolute Gasteiger partial charge is 0.376 e. The van der Waals surface area contributed by atoms with Crippen LogP contribution < -0.4 is 22.3 Å². The van der Waals surface area contributed by atoms with Gasteiger partial charge < -0.3 is 16.0 Å². The Hall–Kier alpha value is -1.63. The van der Waals surface area contributed by atoms with Gasteiger partial charge in [-0.25, -0.2) is 4.79 Å². The molecule has 1 aromatic heterocycles. The van der Waals surface area contributed by atoms with E-state index >= 15 is 0 Å². The second-order valence-corrected chi connectivity index (χ2v) is 2.75. The molecule has 0 unspecified atom stereocenters. The molecule has 0 aliphatic heterocycles. The summed E-state index contributed by atoms with van der Waals surface area (Å²) in [7, 11) is 0. The van der Waals surface area contributed by atoms with Crippen molar-refractivity contribution in [1.29, 1.82) is 0 Å². The lowest BCUT2D eigenvalue weighted by atomic mass is 10.3. The van der Waals surface area contributed by atoms with Crippen LogP contribution in [0.3, 0.4) is 0 Å². The van der Waals surface area contributed by atoms with Crippen LogP contribution in [0.25, 0.3) is 0 Å². The van der Waals surface area contributed by atoms with Gasteiger partial charge in [0.25, 0.3) is 5.56 Å². The van der Waals surface area contributed by atoms with Crippen molar-refractivity contribution < 1.29 is 0 Å². The van der Waals surface area contributed by atoms with E-state index in [1.54, 1.807) is 0 Å². The number of thiocarbonyl (C=S) groups is 1. The third-order valence-electron chi connectivity index (χ3n) is 1.35. The van der Waals surface area contributed by atoms with Crippen molar-refractivity contribution in [2.24, 2.45) is 5.73 Å². The second kappa shape index (κ2) is 3.85. The molecule has 7 heteroatoms. The van der Waals surface area contributed by atoms with Gasteiger partial charge in [0, 0.05) is 12.7 Å². The van der Waals surface area contributed by atoms with Gasteiger partial charge >= 0.3 is 5.69 Å². The van der Waals surface area contributed by atoms with E-state index < -0.39 is 11.2 Å². The van der Waals surface area contributed by atoms with Gasteiger partial charge in [0.15, 0.2) is 5.11 Å². The standard InChI is InChI=1S/C6H8N4O2S/c7-5(13)8-1-3-2-9-6(12)10-4(3)11/h2H,1H2,(H3,7,8,13)(H2,9,10,11,12). The van der Waals surface area contributed by atoms with Crippen LogP contribution in [0.5, 0.6) is 0 Å². The van der Waals surface area contributed by atoms with Gasteiger partial charge in [-0.2, -0.15) is 0 Å². The maximum absolute atomic E-state index is 11.1. The number of aromatic amines is 2. The van der Waals surface area contributed by atoms with Crippen LogP contribution in [0.1, 0.15) is 5.56 Å². The average Bonchev–Trinajstić information content (AvgIpc) is 2.02. The Morgan fingerprint density at radius 1 is 1.62 bits per heavy atom. The fourth-order valence-electron chi connectivity index (χ4n) is 0.751. The lowest BCUT2D eigenvalue weighted by molar-refractivity contribution is 0.867. The van der Waals surface area contributed by atoms with E-state index in [0.29, 0.717) is 5.56 Å². The molecule has 5 N–H and O–H groups in total. The van der Waals surface area contributed by atoms with E-state index in [1.807, 2.05) is 0 Å². The first-order valence-corrected chi connectivity index (χ1v) is 3.84. The Morgan fingerprint density at radius 2 is 2.31 bits per heavy atom. The highest BCUT2D eigenvalue weighted by atomic mass is 32.1. The predicted octanol–water partition coefficient (Wildman–Crippen LogP) is -1.60. The molecule has 0 bridgehead atoms. The highest BCUT2D eigenvalue weighted by molar-refractivity contribution is 7.80. The summed E-state index contributed by atoms with van der Waals surface area (Å²) in [5.74, 6) is 0. The van der Waals surface area contributed by atoms with Crippen molar-refractivity contribution in [2.75, 3.05) is 0 Å². The van der Waals surface area contributed by atoms with E-state index in [9.17, 15) is 9.59 Å². The number of nitrogens with two attached hydrogens (primary N) is 1. The molecular formula is C6H8N4O2S. The van der Waals surface area contributed by atoms with Crippen LogP contribution in [0.2, 0.25) is 0 Å². The van der Waals surface area contributed by atoms with Crippen LogP contribution in [-0.4, -0.2) is 15.1 Å². The van der Waals surface area contributed by atoms with E-state index in [0.717, 1.165) is 0 Å². The summed E-state index contributed by atoms with van der Waals surface area (Å²) in [4.78, 5) is 26.1. The lowest BCUT2D eigenvalue weighted by Gasteiger charge is -2.01. The van der Waals surface area contributed by atoms with Crippen molar-refractivity contribution in [2.45, 2.75) is 6.54 Å². The van der Waals surface area contributed by atoms with Gasteiger partial charge in [-0.3, -0.25) is 9.78 Å². The second-order valence-electron chi connectivity index (χ2n) is 2.31. The third kappa shape index (κ3) is 2.71. The van der Waals surface area contributed by atoms with Gasteiger partial charge in [0.05, 0.1) is 5.56 Å². The van der Waals surface area contributed by atoms with E-state index in [-0.39, 0.29) is 11.7 Å². The number of hydrogen-bond donors (Lipinski definition) is 4. The third-order valence-corrected chi connectivity index (χ3v) is 1.49. The van der Waals surface area contributed by atoms with Gasteiger partial charge in [0.2, 0.25) is 0 Å². The van der Waals surface area contributed by atoms with Crippen LogP contribution in [0.15, 0.2) is 15.8 Å². The smallest absolute Gasteiger partial charge is 0.325 e. The van der Waals surface area contributed by atoms with Crippen LogP contribution >= 0.6 is 12.2 Å². The molecule has 1 heterocycles. The summed E-state index contributed by atoms with van der Waals surface area (Å²) in [6.07, 6.45) is 1.31. The summed E-state index contributed by atoms with van der Waals surface area (Å²) < 4.78 is 0. The Labute approximate surface area is 78.2 Å². The highest BCUT2D eigenvalue weighted by Gasteiger charge is 1.98. The van der Waals surface area contributed by atoms with Crippen molar-refractivity contribution in [3.63, 3.8) is 0 Å². The topological polar surface area (TPSA) is 104 Å². The van der Waals surface area contributed by atoms with E-state index in [4.69, 9.17) is 5.73 Å². The molecule has 6 nitrogen and oxygen atoms in total. The SMILES string of the molecule is NC(=S)NCc1c[nH]c(=O)[nH]c1=O. The van der Waals surface area contributed by atoms with E-state index in [1.165, 1.54) is 6.20 Å². The molecule has 0 amide bonds. The molecular weight excluding hydrogens is 192 g/mol. The average molecular weight is 200 g/mol. The van der Waals surface area contributed by atoms with Crippen LogP contribution in [0.4, 0.5) is 0 Å². The fourth-order valence-corrected chi connectivity index (χ4v) is 0.824. The molecule has 0 aromatic carbocycles. The van der Waals surface area contributed by atoms with E-state index in [2.05, 4.69) is 27.5 Å². The molecule has 0 fully saturated rings. The van der Waals surface area contributed by atoms with Crippen LogP contribution in [-0.2, 0) is 6.54 Å². The molecule has 70 valence electrons. The normalized spacial score (nSPS) is 9.54. The van der Waals surface area contributed by atoms with Crippen molar-refractivity contribution >= 4 is 17.3 Å². The Bertz CT molecular complexity index is 421. The predicted molar refractivity (Wildman–Crippen MR) is 51.3 cm³/mol. The van der Waals surface area contributed by atoms with Crippen molar-refractivity contribution in [3.05, 3.63) is 32.6 Å². The zero-order chi connectivity index (χ0) is 9.84. The van der Waals surface area contributed by atoms with Gasteiger partial charge in [-0.15, -0.1) is 0 Å². The van der Waals surface area contributed by atoms with Gasteiger partial charge in [0.1, 0.15) is 0 Å². The monoisotopic (exact) mass is 200 g/mol. The van der Waals surface area contributed by atoms with Crippen LogP contribution in [0, 0.1) is 0 Å². The molecule has 1 aromatic rings. The molecule has 0 spiro atoms. The fraction of sp³-hybridized carbons (Fsp3) is 0.167. The van der Waals surface area contributed by atoms with Crippen molar-refractivity contribution in [3.8, 4) is 0 Å². The summed E-state index contributed by atoms with van der Waals surface area (Å²) in [6, 6.07) is 0. The molecule has 0 radical (unpaired) electrons. The van der Waals surface area contributed by atoms with Crippen molar-refractivity contribution in [1.82, 2.24) is 15.3 Å². The molecule has 0 aliphatic rings. The number of nitrogens with one attached hydrogen (secondary N) is 3. The minimum absolute atomic E-state index is 0.102. The lowest BCUT2D eigenvalue weighted by Crippen LogP contribution is -2.33. The van der Waals surface area contributed by atoms with Gasteiger partial charge in [-0.1, -0.05) is 0 Å². The molecule has 0 saturated carbocycles. The first-order valence-electron chi connectivity index (χ1n) is 3.44. The summed E-state index contributed by atoms with van der Waals surface area (Å²) >= 11 is 4.55. The van der Waals surface area contributed by atoms with Gasteiger partial charge in [-0.05, 0) is 12.2 Å². The summed E-state index contributed by atoms with van der Waals surface area (Å²) in [5, 5.41) is 2.69. The molecule has 0 saturated heterocycles. The number of hydrogen-bond acceptors (Lipinski definition) is 3. The molecule has 13 heavy (non-hydrogen) atoms. The molecule has 1 rings (SSSR count). The summed E-state index contributed by atoms with van der Waals surface area (Å²) in [6.45, 7) is 0.196. The number of aromatic nitrogens is 2. The zero-order valence-electron chi connectivity index (χ0n) is 6.59. The minimum Gasteiger partial charge on any atom is -0.376 e. The first kappa shape index (κ1) is 9.46.